The molecule has 0 spiro atoms. The maximum atomic E-state index is 14.1. The monoisotopic (exact) mass is 269 g/mol. The van der Waals surface area contributed by atoms with Crippen LogP contribution >= 0.6 is 0 Å². The first-order chi connectivity index (χ1) is 9.74. The van der Waals surface area contributed by atoms with Crippen molar-refractivity contribution >= 4 is 0 Å². The fourth-order valence-electron chi connectivity index (χ4n) is 1.88. The molecule has 102 valence electrons. The Hall–Kier alpha value is -2.34. The molecule has 0 heterocycles. The highest BCUT2D eigenvalue weighted by molar-refractivity contribution is 5.65. The van der Waals surface area contributed by atoms with Crippen molar-refractivity contribution < 1.29 is 9.13 Å². The number of ether oxygens (including phenoxy) is 1. The molecular formula is C17H16FNO. The zero-order valence-electron chi connectivity index (χ0n) is 11.4. The van der Waals surface area contributed by atoms with Crippen LogP contribution in [-0.2, 0) is 0 Å². The van der Waals surface area contributed by atoms with Gasteiger partial charge >= 0.3 is 0 Å². The molecule has 0 aliphatic carbocycles. The van der Waals surface area contributed by atoms with Gasteiger partial charge < -0.3 is 4.74 Å². The highest BCUT2D eigenvalue weighted by Gasteiger charge is 2.07. The number of hydrogen-bond acceptors (Lipinski definition) is 2. The summed E-state index contributed by atoms with van der Waals surface area (Å²) in [5.41, 5.74) is 1.83. The summed E-state index contributed by atoms with van der Waals surface area (Å²) >= 11 is 0. The molecule has 2 aromatic rings. The summed E-state index contributed by atoms with van der Waals surface area (Å²) in [7, 11) is 0. The summed E-state index contributed by atoms with van der Waals surface area (Å²) < 4.78 is 19.6. The first-order valence-electron chi connectivity index (χ1n) is 6.67. The van der Waals surface area contributed by atoms with Crippen molar-refractivity contribution in [2.45, 2.75) is 19.8 Å². The molecule has 2 nitrogen and oxygen atoms in total. The minimum atomic E-state index is -0.316. The lowest BCUT2D eigenvalue weighted by Gasteiger charge is -2.08. The molecule has 0 aromatic heterocycles. The van der Waals surface area contributed by atoms with Gasteiger partial charge in [-0.2, -0.15) is 5.26 Å². The fourth-order valence-corrected chi connectivity index (χ4v) is 1.88. The highest BCUT2D eigenvalue weighted by atomic mass is 19.1. The second kappa shape index (κ2) is 6.72. The number of nitriles is 1. The fraction of sp³-hybridized carbons (Fsp3) is 0.235. The molecule has 0 atom stereocenters. The minimum absolute atomic E-state index is 0.316. The molecule has 0 aliphatic heterocycles. The summed E-state index contributed by atoms with van der Waals surface area (Å²) in [6, 6.07) is 13.8. The molecule has 2 aromatic carbocycles. The normalized spacial score (nSPS) is 10.1. The Balaban J connectivity index is 2.18. The van der Waals surface area contributed by atoms with E-state index in [9.17, 15) is 4.39 Å². The third kappa shape index (κ3) is 3.36. The van der Waals surface area contributed by atoms with Gasteiger partial charge in [-0.3, -0.25) is 0 Å². The summed E-state index contributed by atoms with van der Waals surface area (Å²) in [6.07, 6.45) is 2.00. The Morgan fingerprint density at radius 2 is 1.90 bits per heavy atom. The number of halogens is 1. The average Bonchev–Trinajstić information content (AvgIpc) is 2.48. The number of hydrogen-bond donors (Lipinski definition) is 0. The van der Waals surface area contributed by atoms with E-state index in [2.05, 4.69) is 6.92 Å². The lowest BCUT2D eigenvalue weighted by atomic mass is 10.0. The molecule has 0 bridgehead atoms. The molecular weight excluding hydrogens is 253 g/mol. The molecule has 2 rings (SSSR count). The van der Waals surface area contributed by atoms with E-state index in [0.29, 0.717) is 23.5 Å². The molecule has 0 aliphatic rings. The van der Waals surface area contributed by atoms with Gasteiger partial charge in [0.25, 0.3) is 0 Å². The van der Waals surface area contributed by atoms with Gasteiger partial charge in [-0.05, 0) is 36.2 Å². The quantitative estimate of drug-likeness (QED) is 0.746. The largest absolute Gasteiger partial charge is 0.493 e. The van der Waals surface area contributed by atoms with E-state index in [-0.39, 0.29) is 5.82 Å². The first kappa shape index (κ1) is 14.1. The maximum Gasteiger partial charge on any atom is 0.134 e. The Labute approximate surface area is 118 Å². The van der Waals surface area contributed by atoms with E-state index in [1.165, 1.54) is 6.07 Å². The van der Waals surface area contributed by atoms with Gasteiger partial charge in [0.2, 0.25) is 0 Å². The number of nitrogens with zero attached hydrogens (tertiary/aromatic N) is 1. The van der Waals surface area contributed by atoms with Crippen molar-refractivity contribution in [3.05, 3.63) is 53.8 Å². The van der Waals surface area contributed by atoms with Crippen molar-refractivity contribution in [1.29, 1.82) is 5.26 Å². The summed E-state index contributed by atoms with van der Waals surface area (Å²) in [5, 5.41) is 8.75. The van der Waals surface area contributed by atoms with Crippen molar-refractivity contribution in [3.8, 4) is 22.9 Å². The van der Waals surface area contributed by atoms with Crippen LogP contribution in [0.4, 0.5) is 4.39 Å². The molecule has 0 amide bonds. The van der Waals surface area contributed by atoms with Crippen LogP contribution in [0.1, 0.15) is 25.3 Å². The molecule has 0 fully saturated rings. The van der Waals surface area contributed by atoms with Crippen LogP contribution in [0.2, 0.25) is 0 Å². The highest BCUT2D eigenvalue weighted by Crippen LogP contribution is 2.26. The third-order valence-electron chi connectivity index (χ3n) is 3.03. The summed E-state index contributed by atoms with van der Waals surface area (Å²) in [6.45, 7) is 2.68. The standard InChI is InChI=1S/C17H16FNO/c1-2-3-10-20-15-8-9-16(17(18)11-15)14-6-4-13(12-19)5-7-14/h4-9,11H,2-3,10H2,1H3. The zero-order chi connectivity index (χ0) is 14.4. The number of unbranched alkanes of at least 4 members (excludes halogenated alkanes) is 1. The predicted molar refractivity (Wildman–Crippen MR) is 77.0 cm³/mol. The van der Waals surface area contributed by atoms with E-state index in [1.807, 2.05) is 6.07 Å². The molecule has 0 N–H and O–H groups in total. The molecule has 0 radical (unpaired) electrons. The third-order valence-corrected chi connectivity index (χ3v) is 3.03. The van der Waals surface area contributed by atoms with E-state index < -0.39 is 0 Å². The van der Waals surface area contributed by atoms with Crippen LogP contribution in [0.25, 0.3) is 11.1 Å². The average molecular weight is 269 g/mol. The number of rotatable bonds is 5. The molecule has 0 saturated heterocycles. The molecule has 3 heteroatoms. The van der Waals surface area contributed by atoms with E-state index in [0.717, 1.165) is 18.4 Å². The second-order valence-electron chi connectivity index (χ2n) is 4.53. The number of benzene rings is 2. The van der Waals surface area contributed by atoms with Crippen molar-refractivity contribution in [2.24, 2.45) is 0 Å². The lowest BCUT2D eigenvalue weighted by molar-refractivity contribution is 0.308. The van der Waals surface area contributed by atoms with E-state index in [4.69, 9.17) is 10.00 Å². The van der Waals surface area contributed by atoms with Crippen LogP contribution in [0.5, 0.6) is 5.75 Å². The molecule has 0 saturated carbocycles. The van der Waals surface area contributed by atoms with Crippen molar-refractivity contribution in [3.63, 3.8) is 0 Å². The van der Waals surface area contributed by atoms with Crippen LogP contribution in [-0.4, -0.2) is 6.61 Å². The van der Waals surface area contributed by atoms with Crippen molar-refractivity contribution in [2.75, 3.05) is 6.61 Å². The lowest BCUT2D eigenvalue weighted by Crippen LogP contribution is -1.97. The Kier molecular flexibility index (Phi) is 4.73. The van der Waals surface area contributed by atoms with Gasteiger partial charge in [-0.1, -0.05) is 25.5 Å². The SMILES string of the molecule is CCCCOc1ccc(-c2ccc(C#N)cc2)c(F)c1. The van der Waals surface area contributed by atoms with Gasteiger partial charge in [-0.15, -0.1) is 0 Å². The topological polar surface area (TPSA) is 33.0 Å². The molecule has 20 heavy (non-hydrogen) atoms. The minimum Gasteiger partial charge on any atom is -0.493 e. The Morgan fingerprint density at radius 1 is 1.15 bits per heavy atom. The van der Waals surface area contributed by atoms with Gasteiger partial charge in [0.15, 0.2) is 0 Å². The van der Waals surface area contributed by atoms with Gasteiger partial charge in [0.1, 0.15) is 11.6 Å². The first-order valence-corrected chi connectivity index (χ1v) is 6.67. The summed E-state index contributed by atoms with van der Waals surface area (Å²) in [5.74, 6) is 0.233. The predicted octanol–water partition coefficient (Wildman–Crippen LogP) is 4.54. The maximum absolute atomic E-state index is 14.1. The Bertz CT molecular complexity index is 614. The zero-order valence-corrected chi connectivity index (χ0v) is 11.4. The van der Waals surface area contributed by atoms with E-state index >= 15 is 0 Å². The van der Waals surface area contributed by atoms with Crippen LogP contribution in [0.15, 0.2) is 42.5 Å². The van der Waals surface area contributed by atoms with Crippen LogP contribution in [0.3, 0.4) is 0 Å². The molecule has 0 unspecified atom stereocenters. The Morgan fingerprint density at radius 3 is 2.50 bits per heavy atom. The smallest absolute Gasteiger partial charge is 0.134 e. The van der Waals surface area contributed by atoms with Gasteiger partial charge in [-0.25, -0.2) is 4.39 Å². The van der Waals surface area contributed by atoms with Crippen LogP contribution < -0.4 is 4.74 Å². The van der Waals surface area contributed by atoms with Gasteiger partial charge in [0.05, 0.1) is 18.2 Å². The van der Waals surface area contributed by atoms with Gasteiger partial charge in [0, 0.05) is 11.6 Å². The second-order valence-corrected chi connectivity index (χ2v) is 4.53. The summed E-state index contributed by atoms with van der Waals surface area (Å²) in [4.78, 5) is 0. The van der Waals surface area contributed by atoms with Crippen LogP contribution in [0, 0.1) is 17.1 Å². The van der Waals surface area contributed by atoms with Crippen molar-refractivity contribution in [1.82, 2.24) is 0 Å². The van der Waals surface area contributed by atoms with E-state index in [1.54, 1.807) is 36.4 Å².